The zero-order valence-electron chi connectivity index (χ0n) is 17.8. The summed E-state index contributed by atoms with van der Waals surface area (Å²) in [5.74, 6) is 0.419. The highest BCUT2D eigenvalue weighted by Crippen LogP contribution is 2.16. The second kappa shape index (κ2) is 13.1. The van der Waals surface area contributed by atoms with Gasteiger partial charge in [-0.3, -0.25) is 9.79 Å². The van der Waals surface area contributed by atoms with Crippen LogP contribution < -0.4 is 16.0 Å². The molecule has 1 heterocycles. The summed E-state index contributed by atoms with van der Waals surface area (Å²) in [6.45, 7) is 9.36. The van der Waals surface area contributed by atoms with Gasteiger partial charge in [-0.25, -0.2) is 4.39 Å². The van der Waals surface area contributed by atoms with Crippen molar-refractivity contribution in [2.24, 2.45) is 4.99 Å². The van der Waals surface area contributed by atoms with E-state index in [-0.39, 0.29) is 18.1 Å². The van der Waals surface area contributed by atoms with Gasteiger partial charge >= 0.3 is 0 Å². The number of piperidine rings is 1. The van der Waals surface area contributed by atoms with Crippen molar-refractivity contribution in [3.05, 3.63) is 35.6 Å². The molecule has 1 atom stereocenters. The van der Waals surface area contributed by atoms with Crippen LogP contribution in [-0.4, -0.2) is 62.1 Å². The first-order valence-electron chi connectivity index (χ1n) is 10.9. The molecule has 1 aromatic rings. The Morgan fingerprint density at radius 3 is 2.66 bits per heavy atom. The van der Waals surface area contributed by atoms with Crippen LogP contribution in [-0.2, 0) is 11.2 Å². The molecule has 0 bridgehead atoms. The number of carbonyl (C=O) groups excluding carboxylic acids is 1. The normalized spacial score (nSPS) is 17.8. The maximum absolute atomic E-state index is 12.9. The largest absolute Gasteiger partial charge is 0.357 e. The van der Waals surface area contributed by atoms with Gasteiger partial charge in [0.05, 0.1) is 6.42 Å². The fourth-order valence-corrected chi connectivity index (χ4v) is 3.53. The van der Waals surface area contributed by atoms with E-state index in [1.54, 1.807) is 12.1 Å². The smallest absolute Gasteiger partial charge is 0.224 e. The number of amides is 1. The Kier molecular flexibility index (Phi) is 10.5. The molecule has 1 saturated heterocycles. The van der Waals surface area contributed by atoms with Gasteiger partial charge in [-0.1, -0.05) is 18.6 Å². The molecule has 3 N–H and O–H groups in total. The minimum Gasteiger partial charge on any atom is -0.357 e. The summed E-state index contributed by atoms with van der Waals surface area (Å²) in [7, 11) is 0. The van der Waals surface area contributed by atoms with Crippen molar-refractivity contribution in [1.82, 2.24) is 20.9 Å². The quantitative estimate of drug-likeness (QED) is 0.317. The predicted molar refractivity (Wildman–Crippen MR) is 117 cm³/mol. The first kappa shape index (κ1) is 23.1. The number of aliphatic imine (C=N–C) groups is 1. The lowest BCUT2D eigenvalue weighted by atomic mass is 10.0. The van der Waals surface area contributed by atoms with Gasteiger partial charge in [0.25, 0.3) is 0 Å². The summed E-state index contributed by atoms with van der Waals surface area (Å²) < 4.78 is 12.9. The van der Waals surface area contributed by atoms with Gasteiger partial charge in [-0.05, 0) is 57.4 Å². The first-order valence-corrected chi connectivity index (χ1v) is 10.9. The van der Waals surface area contributed by atoms with Crippen molar-refractivity contribution in [2.75, 3.05) is 39.3 Å². The van der Waals surface area contributed by atoms with Crippen LogP contribution in [0.1, 0.15) is 45.1 Å². The number of carbonyl (C=O) groups is 1. The molecule has 1 amide bonds. The molecule has 6 nitrogen and oxygen atoms in total. The van der Waals surface area contributed by atoms with Crippen molar-refractivity contribution in [3.63, 3.8) is 0 Å². The van der Waals surface area contributed by atoms with Gasteiger partial charge in [0.2, 0.25) is 5.91 Å². The number of nitrogens with one attached hydrogen (secondary N) is 3. The average molecular weight is 406 g/mol. The molecule has 0 aromatic heterocycles. The number of halogens is 1. The number of hydrogen-bond donors (Lipinski definition) is 3. The van der Waals surface area contributed by atoms with Crippen molar-refractivity contribution < 1.29 is 9.18 Å². The van der Waals surface area contributed by atoms with E-state index >= 15 is 0 Å². The van der Waals surface area contributed by atoms with Gasteiger partial charge in [-0.2, -0.15) is 0 Å². The molecule has 0 saturated carbocycles. The lowest BCUT2D eigenvalue weighted by Gasteiger charge is -2.33. The number of likely N-dealkylation sites (tertiary alicyclic amines) is 1. The molecule has 1 fully saturated rings. The van der Waals surface area contributed by atoms with Crippen molar-refractivity contribution >= 4 is 11.9 Å². The Morgan fingerprint density at radius 1 is 1.17 bits per heavy atom. The van der Waals surface area contributed by atoms with Crippen molar-refractivity contribution in [3.8, 4) is 0 Å². The maximum atomic E-state index is 12.9. The highest BCUT2D eigenvalue weighted by atomic mass is 19.1. The highest BCUT2D eigenvalue weighted by Gasteiger charge is 2.16. The van der Waals surface area contributed by atoms with E-state index in [9.17, 15) is 9.18 Å². The predicted octanol–water partition coefficient (Wildman–Crippen LogP) is 2.30. The number of benzene rings is 1. The molecule has 0 radical (unpaired) electrons. The molecular weight excluding hydrogens is 369 g/mol. The van der Waals surface area contributed by atoms with E-state index in [2.05, 4.69) is 32.8 Å². The summed E-state index contributed by atoms with van der Waals surface area (Å²) in [5.41, 5.74) is 0.801. The van der Waals surface area contributed by atoms with Gasteiger partial charge in [0, 0.05) is 38.8 Å². The minimum atomic E-state index is -0.293. The van der Waals surface area contributed by atoms with Crippen molar-refractivity contribution in [2.45, 2.75) is 52.0 Å². The fourth-order valence-electron chi connectivity index (χ4n) is 3.53. The van der Waals surface area contributed by atoms with E-state index in [1.807, 2.05) is 6.92 Å². The molecule has 1 aliphatic rings. The average Bonchev–Trinajstić information content (AvgIpc) is 2.71. The molecule has 2 rings (SSSR count). The molecular formula is C22H36FN5O. The van der Waals surface area contributed by atoms with E-state index in [0.717, 1.165) is 37.6 Å². The Labute approximate surface area is 174 Å². The molecule has 0 spiro atoms. The third kappa shape index (κ3) is 9.26. The number of nitrogens with zero attached hydrogens (tertiary/aromatic N) is 2. The topological polar surface area (TPSA) is 68.8 Å². The summed E-state index contributed by atoms with van der Waals surface area (Å²) in [5, 5.41) is 9.37. The first-order chi connectivity index (χ1) is 14.1. The summed E-state index contributed by atoms with van der Waals surface area (Å²) >= 11 is 0. The zero-order chi connectivity index (χ0) is 20.9. The van der Waals surface area contributed by atoms with Crippen LogP contribution in [0.2, 0.25) is 0 Å². The molecule has 1 aromatic carbocycles. The lowest BCUT2D eigenvalue weighted by molar-refractivity contribution is -0.120. The number of guanidine groups is 1. The standard InChI is InChI=1S/C22H36FN5O/c1-3-24-22(26-12-6-16-28-15-5-4-7-18(28)2)27-14-13-25-21(29)17-19-8-10-20(23)11-9-19/h8-11,18H,3-7,12-17H2,1-2H3,(H,25,29)(H2,24,26,27). The highest BCUT2D eigenvalue weighted by molar-refractivity contribution is 5.80. The maximum Gasteiger partial charge on any atom is 0.224 e. The van der Waals surface area contributed by atoms with Crippen LogP contribution in [0.25, 0.3) is 0 Å². The van der Waals surface area contributed by atoms with Crippen molar-refractivity contribution in [1.29, 1.82) is 0 Å². The molecule has 29 heavy (non-hydrogen) atoms. The van der Waals surface area contributed by atoms with Crippen LogP contribution in [0.3, 0.4) is 0 Å². The van der Waals surface area contributed by atoms with Crippen LogP contribution in [0.5, 0.6) is 0 Å². The third-order valence-corrected chi connectivity index (χ3v) is 5.18. The Hall–Kier alpha value is -2.15. The molecule has 162 valence electrons. The van der Waals surface area contributed by atoms with Crippen LogP contribution in [0.4, 0.5) is 4.39 Å². The monoisotopic (exact) mass is 405 g/mol. The third-order valence-electron chi connectivity index (χ3n) is 5.18. The van der Waals surface area contributed by atoms with Crippen LogP contribution in [0, 0.1) is 5.82 Å². The molecule has 7 heteroatoms. The minimum absolute atomic E-state index is 0.0731. The van der Waals surface area contributed by atoms with E-state index in [1.165, 1.54) is 37.9 Å². The van der Waals surface area contributed by atoms with E-state index in [0.29, 0.717) is 19.1 Å². The lowest BCUT2D eigenvalue weighted by Crippen LogP contribution is -2.42. The molecule has 0 aliphatic carbocycles. The summed E-state index contributed by atoms with van der Waals surface area (Å²) in [6.07, 6.45) is 5.27. The SMILES string of the molecule is CCNC(=NCCCN1CCCCC1C)NCCNC(=O)Cc1ccc(F)cc1. The summed E-state index contributed by atoms with van der Waals surface area (Å²) in [4.78, 5) is 19.2. The molecule has 1 unspecified atom stereocenters. The van der Waals surface area contributed by atoms with Gasteiger partial charge in [0.15, 0.2) is 5.96 Å². The fraction of sp³-hybridized carbons (Fsp3) is 0.636. The number of rotatable bonds is 10. The van der Waals surface area contributed by atoms with Crippen LogP contribution >= 0.6 is 0 Å². The Bertz CT molecular complexity index is 635. The Balaban J connectivity index is 1.62. The molecule has 1 aliphatic heterocycles. The van der Waals surface area contributed by atoms with Gasteiger partial charge in [0.1, 0.15) is 5.82 Å². The number of hydrogen-bond acceptors (Lipinski definition) is 3. The van der Waals surface area contributed by atoms with E-state index in [4.69, 9.17) is 0 Å². The van der Waals surface area contributed by atoms with Gasteiger partial charge < -0.3 is 20.9 Å². The van der Waals surface area contributed by atoms with Gasteiger partial charge in [-0.15, -0.1) is 0 Å². The van der Waals surface area contributed by atoms with Crippen LogP contribution in [0.15, 0.2) is 29.3 Å². The zero-order valence-corrected chi connectivity index (χ0v) is 17.8. The van der Waals surface area contributed by atoms with E-state index < -0.39 is 0 Å². The Morgan fingerprint density at radius 2 is 1.93 bits per heavy atom. The second-order valence-electron chi connectivity index (χ2n) is 7.57. The second-order valence-corrected chi connectivity index (χ2v) is 7.57. The summed E-state index contributed by atoms with van der Waals surface area (Å²) in [6, 6.07) is 6.70.